The van der Waals surface area contributed by atoms with Crippen LogP contribution in [0, 0.1) is 13.8 Å². The van der Waals surface area contributed by atoms with Gasteiger partial charge < -0.3 is 9.64 Å². The highest BCUT2D eigenvalue weighted by Gasteiger charge is 2.43. The van der Waals surface area contributed by atoms with Gasteiger partial charge in [-0.25, -0.2) is 5.43 Å². The summed E-state index contributed by atoms with van der Waals surface area (Å²) < 4.78 is 5.58. The van der Waals surface area contributed by atoms with Crippen molar-refractivity contribution in [3.8, 4) is 5.75 Å². The number of aryl methyl sites for hydroxylation is 2. The van der Waals surface area contributed by atoms with Crippen molar-refractivity contribution in [2.45, 2.75) is 39.5 Å². The lowest BCUT2D eigenvalue weighted by molar-refractivity contribution is 0.0955. The topological polar surface area (TPSA) is 53.9 Å². The average Bonchev–Trinajstić information content (AvgIpc) is 3.10. The summed E-state index contributed by atoms with van der Waals surface area (Å²) in [6.07, 6.45) is 4.54. The van der Waals surface area contributed by atoms with Gasteiger partial charge >= 0.3 is 0 Å². The Kier molecular flexibility index (Phi) is 7.06. The lowest BCUT2D eigenvalue weighted by Gasteiger charge is -2.30. The van der Waals surface area contributed by atoms with E-state index in [1.807, 2.05) is 30.3 Å². The number of nitrogens with one attached hydrogen (secondary N) is 1. The van der Waals surface area contributed by atoms with Gasteiger partial charge in [0, 0.05) is 35.1 Å². The van der Waals surface area contributed by atoms with Gasteiger partial charge in [0.1, 0.15) is 5.75 Å². The fourth-order valence-corrected chi connectivity index (χ4v) is 4.97. The Labute approximate surface area is 208 Å². The number of methoxy groups -OCH3 is 1. The van der Waals surface area contributed by atoms with E-state index >= 15 is 0 Å². The number of ether oxygens (including phenoxy) is 1. The number of nitrogens with zero attached hydrogens (tertiary/aromatic N) is 2. The molecule has 0 saturated heterocycles. The molecule has 1 unspecified atom stereocenters. The van der Waals surface area contributed by atoms with Crippen LogP contribution in [0.4, 0.5) is 5.69 Å². The van der Waals surface area contributed by atoms with Gasteiger partial charge in [-0.2, -0.15) is 5.10 Å². The predicted molar refractivity (Wildman–Crippen MR) is 143 cm³/mol. The van der Waals surface area contributed by atoms with Gasteiger partial charge in [-0.05, 0) is 87.2 Å². The maximum Gasteiger partial charge on any atom is 0.271 e. The molecule has 1 atom stereocenters. The van der Waals surface area contributed by atoms with Gasteiger partial charge in [0.05, 0.1) is 7.11 Å². The minimum atomic E-state index is -0.296. The third kappa shape index (κ3) is 4.85. The number of allylic oxidation sites excluding steroid dienone is 2. The Bertz CT molecular complexity index is 1280. The summed E-state index contributed by atoms with van der Waals surface area (Å²) in [4.78, 5) is 14.7. The molecular formula is C30H33N3O2. The molecule has 1 amide bonds. The number of rotatable bonds is 7. The Balaban J connectivity index is 1.71. The number of anilines is 1. The lowest BCUT2D eigenvalue weighted by atomic mass is 9.75. The molecule has 0 aromatic heterocycles. The zero-order valence-electron chi connectivity index (χ0n) is 21.1. The van der Waals surface area contributed by atoms with Crippen LogP contribution in [0.5, 0.6) is 5.75 Å². The first-order valence-corrected chi connectivity index (χ1v) is 12.0. The monoisotopic (exact) mass is 467 g/mol. The molecule has 1 aliphatic rings. The second kappa shape index (κ2) is 10.2. The number of benzene rings is 3. The lowest BCUT2D eigenvalue weighted by Crippen LogP contribution is -2.31. The van der Waals surface area contributed by atoms with Crippen LogP contribution in [-0.4, -0.2) is 25.8 Å². The maximum absolute atomic E-state index is 12.4. The van der Waals surface area contributed by atoms with Crippen molar-refractivity contribution in [3.63, 3.8) is 0 Å². The molecule has 5 nitrogen and oxygen atoms in total. The number of likely N-dealkylation sites (N-methyl/N-ethyl adjacent to an activating group) is 1. The average molecular weight is 468 g/mol. The number of hydrazone groups is 1. The largest absolute Gasteiger partial charge is 0.497 e. The van der Waals surface area contributed by atoms with E-state index < -0.39 is 0 Å². The van der Waals surface area contributed by atoms with Crippen LogP contribution >= 0.6 is 0 Å². The summed E-state index contributed by atoms with van der Waals surface area (Å²) in [5.74, 6) is 0.613. The third-order valence-electron chi connectivity index (χ3n) is 6.81. The molecule has 3 aromatic carbocycles. The van der Waals surface area contributed by atoms with E-state index in [-0.39, 0.29) is 11.3 Å². The molecule has 0 spiro atoms. The highest BCUT2D eigenvalue weighted by molar-refractivity contribution is 5.94. The summed E-state index contributed by atoms with van der Waals surface area (Å²) in [5.41, 5.74) is 10.3. The van der Waals surface area contributed by atoms with Gasteiger partial charge in [-0.3, -0.25) is 4.79 Å². The number of fused-ring (bicyclic) bond motifs is 1. The Morgan fingerprint density at radius 2 is 1.86 bits per heavy atom. The second-order valence-electron chi connectivity index (χ2n) is 9.20. The fraction of sp³-hybridized carbons (Fsp3) is 0.267. The van der Waals surface area contributed by atoms with Crippen molar-refractivity contribution in [1.82, 2.24) is 5.43 Å². The molecule has 0 saturated carbocycles. The first-order chi connectivity index (χ1) is 16.9. The van der Waals surface area contributed by atoms with E-state index in [1.165, 1.54) is 27.9 Å². The molecule has 5 heteroatoms. The van der Waals surface area contributed by atoms with Crippen LogP contribution in [0.25, 0.3) is 0 Å². The van der Waals surface area contributed by atoms with E-state index in [0.29, 0.717) is 5.56 Å². The highest BCUT2D eigenvalue weighted by Crippen LogP contribution is 2.50. The maximum atomic E-state index is 12.4. The Hall–Kier alpha value is -3.86. The Morgan fingerprint density at radius 3 is 2.54 bits per heavy atom. The van der Waals surface area contributed by atoms with Crippen LogP contribution in [0.3, 0.4) is 0 Å². The highest BCUT2D eigenvalue weighted by atomic mass is 16.5. The van der Waals surface area contributed by atoms with Gasteiger partial charge in [-0.15, -0.1) is 0 Å². The van der Waals surface area contributed by atoms with Crippen LogP contribution in [0.1, 0.15) is 46.5 Å². The quantitative estimate of drug-likeness (QED) is 0.345. The van der Waals surface area contributed by atoms with Gasteiger partial charge in [0.25, 0.3) is 5.91 Å². The van der Waals surface area contributed by atoms with Crippen molar-refractivity contribution in [3.05, 3.63) is 106 Å². The van der Waals surface area contributed by atoms with Gasteiger partial charge in [0.2, 0.25) is 0 Å². The summed E-state index contributed by atoms with van der Waals surface area (Å²) in [7, 11) is 1.70. The zero-order valence-corrected chi connectivity index (χ0v) is 21.1. The van der Waals surface area contributed by atoms with Crippen LogP contribution in [0.15, 0.2) is 83.6 Å². The van der Waals surface area contributed by atoms with Crippen molar-refractivity contribution >= 4 is 17.8 Å². The molecule has 35 heavy (non-hydrogen) atoms. The van der Waals surface area contributed by atoms with Crippen molar-refractivity contribution in [2.75, 3.05) is 18.6 Å². The number of carbonyl (C=O) groups excluding carboxylic acids is 1. The third-order valence-corrected chi connectivity index (χ3v) is 6.81. The number of hydrogen-bond donors (Lipinski definition) is 1. The molecule has 0 bridgehead atoms. The van der Waals surface area contributed by atoms with Crippen molar-refractivity contribution in [1.29, 1.82) is 0 Å². The van der Waals surface area contributed by atoms with Gasteiger partial charge in [-0.1, -0.05) is 42.0 Å². The van der Waals surface area contributed by atoms with Gasteiger partial charge in [0.15, 0.2) is 0 Å². The van der Waals surface area contributed by atoms with E-state index in [9.17, 15) is 4.79 Å². The minimum absolute atomic E-state index is 0.231. The minimum Gasteiger partial charge on any atom is -0.497 e. The predicted octanol–water partition coefficient (Wildman–Crippen LogP) is 5.95. The SMILES string of the molecule is CCN1/C(=C\C=N\NC(=O)c2ccccc2)C(C)(Cc2ccc(C)cc2C)c2cc(OC)ccc21. The number of carbonyl (C=O) groups is 1. The zero-order chi connectivity index (χ0) is 25.0. The molecule has 3 aromatic rings. The molecule has 0 fully saturated rings. The molecule has 0 radical (unpaired) electrons. The summed E-state index contributed by atoms with van der Waals surface area (Å²) >= 11 is 0. The summed E-state index contributed by atoms with van der Waals surface area (Å²) in [6.45, 7) is 9.55. The van der Waals surface area contributed by atoms with E-state index in [2.05, 4.69) is 73.5 Å². The molecule has 180 valence electrons. The number of hydrogen-bond acceptors (Lipinski definition) is 4. The fourth-order valence-electron chi connectivity index (χ4n) is 4.97. The molecule has 0 aliphatic carbocycles. The summed E-state index contributed by atoms with van der Waals surface area (Å²) in [6, 6.07) is 22.0. The molecule has 1 heterocycles. The van der Waals surface area contributed by atoms with Crippen molar-refractivity contribution in [2.24, 2.45) is 5.10 Å². The summed E-state index contributed by atoms with van der Waals surface area (Å²) in [5, 5.41) is 4.23. The first kappa shape index (κ1) is 24.3. The van der Waals surface area contributed by atoms with Crippen LogP contribution in [0.2, 0.25) is 0 Å². The normalized spacial score (nSPS) is 18.2. The number of amides is 1. The first-order valence-electron chi connectivity index (χ1n) is 12.0. The van der Waals surface area contributed by atoms with E-state index in [4.69, 9.17) is 4.74 Å². The molecular weight excluding hydrogens is 434 g/mol. The smallest absolute Gasteiger partial charge is 0.271 e. The Morgan fingerprint density at radius 1 is 1.09 bits per heavy atom. The van der Waals surface area contributed by atoms with E-state index in [0.717, 1.165) is 24.4 Å². The second-order valence-corrected chi connectivity index (χ2v) is 9.20. The molecule has 4 rings (SSSR count). The van der Waals surface area contributed by atoms with Crippen molar-refractivity contribution < 1.29 is 9.53 Å². The standard InChI is InChI=1S/C30H33N3O2/c1-6-33-27-15-14-25(35-5)19-26(27)30(4,20-24-13-12-21(2)18-22(24)3)28(33)16-17-31-32-29(34)23-10-8-7-9-11-23/h7-19H,6,20H2,1-5H3,(H,32,34)/b28-16-,31-17+. The van der Waals surface area contributed by atoms with Crippen LogP contribution in [-0.2, 0) is 11.8 Å². The van der Waals surface area contributed by atoms with E-state index in [1.54, 1.807) is 25.5 Å². The van der Waals surface area contributed by atoms with Crippen LogP contribution < -0.4 is 15.1 Å². The molecule has 1 N–H and O–H groups in total. The molecule has 1 aliphatic heterocycles.